The number of rotatable bonds is 5. The molecule has 1 aromatic heterocycles. The van der Waals surface area contributed by atoms with Gasteiger partial charge in [-0.05, 0) is 20.3 Å². The number of amides is 2. The number of carbonyl (C=O) groups excluding carboxylic acids is 1. The SMILES string of the molecule is CC1CN(CCCNC(=O)Nc2nncs2)CC(C)O1. The van der Waals surface area contributed by atoms with E-state index in [4.69, 9.17) is 4.74 Å². The fourth-order valence-corrected chi connectivity index (χ4v) is 2.78. The number of ether oxygens (including phenoxy) is 1. The van der Waals surface area contributed by atoms with E-state index in [0.29, 0.717) is 11.7 Å². The number of nitrogens with one attached hydrogen (secondary N) is 2. The molecule has 2 rings (SSSR count). The summed E-state index contributed by atoms with van der Waals surface area (Å²) in [5.41, 5.74) is 1.58. The number of hydrogen-bond donors (Lipinski definition) is 2. The van der Waals surface area contributed by atoms with Crippen LogP contribution in [-0.4, -0.2) is 59.5 Å². The molecule has 1 aliphatic rings. The van der Waals surface area contributed by atoms with Crippen molar-refractivity contribution >= 4 is 22.5 Å². The zero-order chi connectivity index (χ0) is 14.4. The zero-order valence-electron chi connectivity index (χ0n) is 11.8. The highest BCUT2D eigenvalue weighted by molar-refractivity contribution is 7.13. The highest BCUT2D eigenvalue weighted by atomic mass is 32.1. The molecule has 7 nitrogen and oxygen atoms in total. The molecule has 20 heavy (non-hydrogen) atoms. The first kappa shape index (κ1) is 15.1. The fourth-order valence-electron chi connectivity index (χ4n) is 2.34. The summed E-state index contributed by atoms with van der Waals surface area (Å²) in [5, 5.41) is 13.4. The molecule has 1 aliphatic heterocycles. The molecule has 1 saturated heterocycles. The maximum absolute atomic E-state index is 11.5. The van der Waals surface area contributed by atoms with E-state index in [1.807, 2.05) is 0 Å². The molecule has 1 fully saturated rings. The number of anilines is 1. The van der Waals surface area contributed by atoms with Crippen LogP contribution in [0.5, 0.6) is 0 Å². The quantitative estimate of drug-likeness (QED) is 0.798. The largest absolute Gasteiger partial charge is 0.373 e. The van der Waals surface area contributed by atoms with Crippen LogP contribution in [0, 0.1) is 0 Å². The Balaban J connectivity index is 1.58. The van der Waals surface area contributed by atoms with Crippen molar-refractivity contribution in [3.05, 3.63) is 5.51 Å². The van der Waals surface area contributed by atoms with Crippen molar-refractivity contribution in [2.24, 2.45) is 0 Å². The van der Waals surface area contributed by atoms with E-state index in [2.05, 4.69) is 39.6 Å². The predicted octanol–water partition coefficient (Wildman–Crippen LogP) is 1.16. The molecule has 112 valence electrons. The first-order valence-corrected chi connectivity index (χ1v) is 7.70. The van der Waals surface area contributed by atoms with Gasteiger partial charge < -0.3 is 10.1 Å². The number of carbonyl (C=O) groups is 1. The van der Waals surface area contributed by atoms with Gasteiger partial charge >= 0.3 is 6.03 Å². The molecule has 0 radical (unpaired) electrons. The first-order valence-electron chi connectivity index (χ1n) is 6.82. The van der Waals surface area contributed by atoms with Gasteiger partial charge in [0, 0.05) is 26.2 Å². The molecule has 0 aliphatic carbocycles. The highest BCUT2D eigenvalue weighted by Crippen LogP contribution is 2.10. The molecular weight excluding hydrogens is 278 g/mol. The monoisotopic (exact) mass is 299 g/mol. The van der Waals surface area contributed by atoms with Gasteiger partial charge in [0.05, 0.1) is 12.2 Å². The summed E-state index contributed by atoms with van der Waals surface area (Å²) in [6.45, 7) is 7.72. The third kappa shape index (κ3) is 5.03. The van der Waals surface area contributed by atoms with E-state index in [9.17, 15) is 4.79 Å². The van der Waals surface area contributed by atoms with Gasteiger partial charge in [0.1, 0.15) is 5.51 Å². The van der Waals surface area contributed by atoms with Crippen LogP contribution >= 0.6 is 11.3 Å². The van der Waals surface area contributed by atoms with Crippen LogP contribution in [0.1, 0.15) is 20.3 Å². The second-order valence-corrected chi connectivity index (χ2v) is 5.83. The molecular formula is C12H21N5O2S. The number of hydrogen-bond acceptors (Lipinski definition) is 6. The van der Waals surface area contributed by atoms with Gasteiger partial charge in [-0.1, -0.05) is 11.3 Å². The zero-order valence-corrected chi connectivity index (χ0v) is 12.7. The van der Waals surface area contributed by atoms with Gasteiger partial charge in [-0.15, -0.1) is 10.2 Å². The molecule has 2 N–H and O–H groups in total. The van der Waals surface area contributed by atoms with Crippen molar-refractivity contribution in [1.82, 2.24) is 20.4 Å². The Morgan fingerprint density at radius 1 is 1.50 bits per heavy atom. The average Bonchev–Trinajstić information content (AvgIpc) is 2.86. The van der Waals surface area contributed by atoms with Gasteiger partial charge in [-0.25, -0.2) is 4.79 Å². The van der Waals surface area contributed by atoms with Gasteiger partial charge in [0.25, 0.3) is 0 Å². The minimum absolute atomic E-state index is 0.231. The molecule has 1 aromatic rings. The smallest absolute Gasteiger partial charge is 0.321 e. The van der Waals surface area contributed by atoms with Crippen molar-refractivity contribution in [2.45, 2.75) is 32.5 Å². The summed E-state index contributed by atoms with van der Waals surface area (Å²) in [5.74, 6) is 0. The van der Waals surface area contributed by atoms with Gasteiger partial charge in [-0.2, -0.15) is 0 Å². The molecule has 0 bridgehead atoms. The summed E-state index contributed by atoms with van der Waals surface area (Å²) in [6, 6.07) is -0.231. The highest BCUT2D eigenvalue weighted by Gasteiger charge is 2.21. The Bertz CT molecular complexity index is 404. The van der Waals surface area contributed by atoms with Crippen LogP contribution < -0.4 is 10.6 Å². The Hall–Kier alpha value is -1.25. The molecule has 2 unspecified atom stereocenters. The lowest BCUT2D eigenvalue weighted by Gasteiger charge is -2.35. The number of morpholine rings is 1. The topological polar surface area (TPSA) is 79.4 Å². The number of urea groups is 1. The minimum atomic E-state index is -0.231. The lowest BCUT2D eigenvalue weighted by molar-refractivity contribution is -0.0679. The number of nitrogens with zero attached hydrogens (tertiary/aromatic N) is 3. The van der Waals surface area contributed by atoms with Crippen molar-refractivity contribution < 1.29 is 9.53 Å². The maximum Gasteiger partial charge on any atom is 0.321 e. The summed E-state index contributed by atoms with van der Waals surface area (Å²) >= 11 is 1.30. The lowest BCUT2D eigenvalue weighted by Crippen LogP contribution is -2.46. The molecule has 2 atom stereocenters. The summed E-state index contributed by atoms with van der Waals surface area (Å²) < 4.78 is 5.69. The normalized spacial score (nSPS) is 23.5. The molecule has 2 heterocycles. The van der Waals surface area contributed by atoms with Crippen molar-refractivity contribution in [2.75, 3.05) is 31.5 Å². The van der Waals surface area contributed by atoms with Crippen LogP contribution in [0.25, 0.3) is 0 Å². The van der Waals surface area contributed by atoms with Gasteiger partial charge in [0.2, 0.25) is 5.13 Å². The Morgan fingerprint density at radius 2 is 2.25 bits per heavy atom. The van der Waals surface area contributed by atoms with E-state index in [-0.39, 0.29) is 18.2 Å². The molecule has 0 spiro atoms. The third-order valence-electron chi connectivity index (χ3n) is 3.01. The van der Waals surface area contributed by atoms with E-state index < -0.39 is 0 Å². The fraction of sp³-hybridized carbons (Fsp3) is 0.750. The molecule has 2 amide bonds. The van der Waals surface area contributed by atoms with E-state index in [0.717, 1.165) is 26.1 Å². The lowest BCUT2D eigenvalue weighted by atomic mass is 10.2. The van der Waals surface area contributed by atoms with Gasteiger partial charge in [0.15, 0.2) is 0 Å². The first-order chi connectivity index (χ1) is 9.63. The molecule has 8 heteroatoms. The van der Waals surface area contributed by atoms with Gasteiger partial charge in [-0.3, -0.25) is 10.2 Å². The van der Waals surface area contributed by atoms with Crippen molar-refractivity contribution in [3.63, 3.8) is 0 Å². The van der Waals surface area contributed by atoms with E-state index >= 15 is 0 Å². The van der Waals surface area contributed by atoms with Crippen LogP contribution in [0.4, 0.5) is 9.93 Å². The van der Waals surface area contributed by atoms with Crippen LogP contribution in [0.3, 0.4) is 0 Å². The van der Waals surface area contributed by atoms with Crippen molar-refractivity contribution in [3.8, 4) is 0 Å². The third-order valence-corrected chi connectivity index (χ3v) is 3.62. The summed E-state index contributed by atoms with van der Waals surface area (Å²) in [6.07, 6.45) is 1.49. The second kappa shape index (κ2) is 7.51. The predicted molar refractivity (Wildman–Crippen MR) is 78.0 cm³/mol. The molecule has 0 aromatic carbocycles. The standard InChI is InChI=1S/C12H21N5O2S/c1-9-6-17(7-10(2)19-9)5-3-4-13-11(18)15-12-16-14-8-20-12/h8-10H,3-7H2,1-2H3,(H2,13,15,16,18). The Morgan fingerprint density at radius 3 is 2.90 bits per heavy atom. The Kier molecular flexibility index (Phi) is 5.69. The summed E-state index contributed by atoms with van der Waals surface area (Å²) in [4.78, 5) is 13.9. The molecule has 0 saturated carbocycles. The number of aromatic nitrogens is 2. The van der Waals surface area contributed by atoms with Crippen molar-refractivity contribution in [1.29, 1.82) is 0 Å². The minimum Gasteiger partial charge on any atom is -0.373 e. The summed E-state index contributed by atoms with van der Waals surface area (Å²) in [7, 11) is 0. The Labute approximate surface area is 122 Å². The average molecular weight is 299 g/mol. The maximum atomic E-state index is 11.5. The second-order valence-electron chi connectivity index (χ2n) is 5.00. The van der Waals surface area contributed by atoms with Crippen LogP contribution in [-0.2, 0) is 4.74 Å². The van der Waals surface area contributed by atoms with Crippen LogP contribution in [0.2, 0.25) is 0 Å². The van der Waals surface area contributed by atoms with Crippen LogP contribution in [0.15, 0.2) is 5.51 Å². The van der Waals surface area contributed by atoms with E-state index in [1.165, 1.54) is 11.3 Å². The van der Waals surface area contributed by atoms with E-state index in [1.54, 1.807) is 5.51 Å².